The van der Waals surface area contributed by atoms with Crippen molar-refractivity contribution in [2.45, 2.75) is 57.2 Å². The van der Waals surface area contributed by atoms with Crippen molar-refractivity contribution in [3.8, 4) is 0 Å². The van der Waals surface area contributed by atoms with Gasteiger partial charge in [-0.25, -0.2) is 0 Å². The van der Waals surface area contributed by atoms with Gasteiger partial charge in [-0.2, -0.15) is 5.10 Å². The van der Waals surface area contributed by atoms with E-state index in [0.29, 0.717) is 0 Å². The van der Waals surface area contributed by atoms with Gasteiger partial charge in [0.05, 0.1) is 11.8 Å². The lowest BCUT2D eigenvalue weighted by Crippen LogP contribution is -2.36. The topological polar surface area (TPSA) is 64.1 Å². The summed E-state index contributed by atoms with van der Waals surface area (Å²) in [6, 6.07) is 0.256. The second-order valence-electron chi connectivity index (χ2n) is 4.86. The van der Waals surface area contributed by atoms with E-state index in [1.165, 1.54) is 0 Å². The van der Waals surface area contributed by atoms with Crippen LogP contribution in [0.3, 0.4) is 0 Å². The van der Waals surface area contributed by atoms with Gasteiger partial charge in [-0.05, 0) is 32.1 Å². The SMILES string of the molecule is CCCn1cc(C2(O)CCC(N)CC2)cn1. The molecule has 0 spiro atoms. The number of nitrogens with two attached hydrogens (primary N) is 1. The number of rotatable bonds is 3. The molecule has 0 aromatic carbocycles. The summed E-state index contributed by atoms with van der Waals surface area (Å²) in [6.07, 6.45) is 8.14. The molecule has 4 heteroatoms. The van der Waals surface area contributed by atoms with Crippen LogP contribution in [0.2, 0.25) is 0 Å². The van der Waals surface area contributed by atoms with Gasteiger partial charge < -0.3 is 10.8 Å². The summed E-state index contributed by atoms with van der Waals surface area (Å²) in [4.78, 5) is 0. The van der Waals surface area contributed by atoms with Crippen molar-refractivity contribution in [2.75, 3.05) is 0 Å². The molecule has 4 nitrogen and oxygen atoms in total. The van der Waals surface area contributed by atoms with Gasteiger partial charge in [0.1, 0.15) is 0 Å². The Kier molecular flexibility index (Phi) is 3.30. The van der Waals surface area contributed by atoms with Crippen LogP contribution in [0, 0.1) is 0 Å². The largest absolute Gasteiger partial charge is 0.385 e. The van der Waals surface area contributed by atoms with Crippen molar-refractivity contribution in [3.63, 3.8) is 0 Å². The second-order valence-corrected chi connectivity index (χ2v) is 4.86. The van der Waals surface area contributed by atoms with Crippen molar-refractivity contribution < 1.29 is 5.11 Å². The molecule has 1 fully saturated rings. The molecule has 1 aliphatic carbocycles. The van der Waals surface area contributed by atoms with Gasteiger partial charge in [-0.3, -0.25) is 4.68 Å². The highest BCUT2D eigenvalue weighted by Crippen LogP contribution is 2.36. The van der Waals surface area contributed by atoms with Crippen LogP contribution in [0.4, 0.5) is 0 Å². The Morgan fingerprint density at radius 1 is 1.56 bits per heavy atom. The molecule has 0 amide bonds. The van der Waals surface area contributed by atoms with Gasteiger partial charge in [0.25, 0.3) is 0 Å². The summed E-state index contributed by atoms with van der Waals surface area (Å²) in [5.41, 5.74) is 6.11. The van der Waals surface area contributed by atoms with Crippen LogP contribution in [0.25, 0.3) is 0 Å². The van der Waals surface area contributed by atoms with Gasteiger partial charge in [0, 0.05) is 24.3 Å². The van der Waals surface area contributed by atoms with E-state index in [0.717, 1.165) is 44.2 Å². The monoisotopic (exact) mass is 223 g/mol. The molecule has 0 unspecified atom stereocenters. The third-order valence-corrected chi connectivity index (χ3v) is 3.48. The number of aromatic nitrogens is 2. The Balaban J connectivity index is 2.09. The maximum Gasteiger partial charge on any atom is 0.0928 e. The zero-order valence-corrected chi connectivity index (χ0v) is 9.89. The smallest absolute Gasteiger partial charge is 0.0928 e. The summed E-state index contributed by atoms with van der Waals surface area (Å²) in [7, 11) is 0. The molecule has 90 valence electrons. The van der Waals surface area contributed by atoms with Crippen molar-refractivity contribution in [1.29, 1.82) is 0 Å². The van der Waals surface area contributed by atoms with Crippen LogP contribution in [0.5, 0.6) is 0 Å². The van der Waals surface area contributed by atoms with Crippen LogP contribution < -0.4 is 5.73 Å². The van der Waals surface area contributed by atoms with Crippen molar-refractivity contribution >= 4 is 0 Å². The Bertz CT molecular complexity index is 340. The average molecular weight is 223 g/mol. The molecule has 0 bridgehead atoms. The Labute approximate surface area is 96.5 Å². The Morgan fingerprint density at radius 3 is 2.88 bits per heavy atom. The number of aliphatic hydroxyl groups is 1. The summed E-state index contributed by atoms with van der Waals surface area (Å²) >= 11 is 0. The van der Waals surface area contributed by atoms with Crippen molar-refractivity contribution in [2.24, 2.45) is 5.73 Å². The summed E-state index contributed by atoms with van der Waals surface area (Å²) < 4.78 is 1.90. The lowest BCUT2D eigenvalue weighted by molar-refractivity contribution is -0.00504. The van der Waals surface area contributed by atoms with Crippen LogP contribution >= 0.6 is 0 Å². The maximum absolute atomic E-state index is 10.5. The fourth-order valence-electron chi connectivity index (χ4n) is 2.36. The first kappa shape index (κ1) is 11.6. The molecule has 2 rings (SSSR count). The van der Waals surface area contributed by atoms with E-state index in [1.807, 2.05) is 10.9 Å². The first-order chi connectivity index (χ1) is 7.64. The minimum atomic E-state index is -0.693. The fourth-order valence-corrected chi connectivity index (χ4v) is 2.36. The Hall–Kier alpha value is -0.870. The molecule has 3 N–H and O–H groups in total. The highest BCUT2D eigenvalue weighted by Gasteiger charge is 2.34. The number of hydrogen-bond donors (Lipinski definition) is 2. The molecule has 16 heavy (non-hydrogen) atoms. The first-order valence-electron chi connectivity index (χ1n) is 6.15. The number of hydrogen-bond acceptors (Lipinski definition) is 3. The lowest BCUT2D eigenvalue weighted by Gasteiger charge is -2.33. The van der Waals surface area contributed by atoms with E-state index < -0.39 is 5.60 Å². The second kappa shape index (κ2) is 4.55. The van der Waals surface area contributed by atoms with Gasteiger partial charge >= 0.3 is 0 Å². The van der Waals surface area contributed by atoms with E-state index in [1.54, 1.807) is 6.20 Å². The van der Waals surface area contributed by atoms with Gasteiger partial charge in [0.15, 0.2) is 0 Å². The molecule has 0 aliphatic heterocycles. The molecule has 0 atom stereocenters. The normalized spacial score (nSPS) is 30.6. The van der Waals surface area contributed by atoms with E-state index in [2.05, 4.69) is 12.0 Å². The maximum atomic E-state index is 10.5. The average Bonchev–Trinajstić information content (AvgIpc) is 2.73. The van der Waals surface area contributed by atoms with Crippen LogP contribution in [-0.2, 0) is 12.1 Å². The van der Waals surface area contributed by atoms with Crippen LogP contribution in [-0.4, -0.2) is 20.9 Å². The number of aryl methyl sites for hydroxylation is 1. The van der Waals surface area contributed by atoms with Crippen LogP contribution in [0.15, 0.2) is 12.4 Å². The van der Waals surface area contributed by atoms with Gasteiger partial charge in [-0.1, -0.05) is 6.92 Å². The highest BCUT2D eigenvalue weighted by atomic mass is 16.3. The Morgan fingerprint density at radius 2 is 2.25 bits per heavy atom. The van der Waals surface area contributed by atoms with E-state index >= 15 is 0 Å². The van der Waals surface area contributed by atoms with Gasteiger partial charge in [0.2, 0.25) is 0 Å². The molecular weight excluding hydrogens is 202 g/mol. The van der Waals surface area contributed by atoms with Crippen molar-refractivity contribution in [3.05, 3.63) is 18.0 Å². The minimum Gasteiger partial charge on any atom is -0.385 e. The lowest BCUT2D eigenvalue weighted by atomic mass is 9.79. The predicted molar refractivity (Wildman–Crippen MR) is 62.9 cm³/mol. The highest BCUT2D eigenvalue weighted by molar-refractivity contribution is 5.16. The zero-order chi connectivity index (χ0) is 11.6. The van der Waals surface area contributed by atoms with Crippen molar-refractivity contribution in [1.82, 2.24) is 9.78 Å². The third-order valence-electron chi connectivity index (χ3n) is 3.48. The zero-order valence-electron chi connectivity index (χ0n) is 9.89. The first-order valence-corrected chi connectivity index (χ1v) is 6.15. The van der Waals surface area contributed by atoms with E-state index in [4.69, 9.17) is 5.73 Å². The summed E-state index contributed by atoms with van der Waals surface area (Å²) in [5, 5.41) is 14.8. The summed E-state index contributed by atoms with van der Waals surface area (Å²) in [5.74, 6) is 0. The molecular formula is C12H21N3O. The third kappa shape index (κ3) is 2.28. The fraction of sp³-hybridized carbons (Fsp3) is 0.750. The molecule has 1 heterocycles. The quantitative estimate of drug-likeness (QED) is 0.813. The predicted octanol–water partition coefficient (Wildman–Crippen LogP) is 1.38. The molecule has 0 saturated heterocycles. The van der Waals surface area contributed by atoms with Gasteiger partial charge in [-0.15, -0.1) is 0 Å². The van der Waals surface area contributed by atoms with E-state index in [9.17, 15) is 5.11 Å². The molecule has 1 aromatic rings. The number of nitrogens with zero attached hydrogens (tertiary/aromatic N) is 2. The summed E-state index contributed by atoms with van der Waals surface area (Å²) in [6.45, 7) is 3.03. The molecule has 1 saturated carbocycles. The molecule has 0 radical (unpaired) electrons. The molecule has 1 aromatic heterocycles. The van der Waals surface area contributed by atoms with Crippen LogP contribution in [0.1, 0.15) is 44.6 Å². The standard InChI is InChI=1S/C12H21N3O/c1-2-7-15-9-10(8-14-15)12(16)5-3-11(13)4-6-12/h8-9,11,16H,2-7,13H2,1H3. The molecule has 1 aliphatic rings. The van der Waals surface area contributed by atoms with E-state index in [-0.39, 0.29) is 6.04 Å². The minimum absolute atomic E-state index is 0.256.